The van der Waals surface area contributed by atoms with Gasteiger partial charge in [-0.15, -0.1) is 0 Å². The van der Waals surface area contributed by atoms with E-state index in [1.165, 1.54) is 0 Å². The minimum atomic E-state index is -0.644. The minimum Gasteiger partial charge on any atom is -0.454 e. The molecule has 1 aliphatic heterocycles. The van der Waals surface area contributed by atoms with Gasteiger partial charge in [0.25, 0.3) is 0 Å². The molecule has 2 heterocycles. The van der Waals surface area contributed by atoms with E-state index in [1.807, 2.05) is 30.3 Å². The first kappa shape index (κ1) is 17.5. The molecule has 0 spiro atoms. The SMILES string of the molecule is O=C(CN1C(=O)[C@H]2CCCC[C@H]2C1=O)OCc1ncc(-c2ccccc2)o1. The Morgan fingerprint density at radius 1 is 1.11 bits per heavy atom. The van der Waals surface area contributed by atoms with Crippen molar-refractivity contribution < 1.29 is 23.5 Å². The van der Waals surface area contributed by atoms with E-state index in [0.717, 1.165) is 36.1 Å². The van der Waals surface area contributed by atoms with Crippen LogP contribution in [0.1, 0.15) is 31.6 Å². The van der Waals surface area contributed by atoms with Crippen LogP contribution in [0.2, 0.25) is 0 Å². The highest BCUT2D eigenvalue weighted by molar-refractivity contribution is 6.07. The third kappa shape index (κ3) is 3.49. The predicted molar refractivity (Wildman–Crippen MR) is 93.9 cm³/mol. The van der Waals surface area contributed by atoms with Crippen LogP contribution in [0, 0.1) is 11.8 Å². The maximum absolute atomic E-state index is 12.4. The van der Waals surface area contributed by atoms with Gasteiger partial charge < -0.3 is 9.15 Å². The van der Waals surface area contributed by atoms with Crippen molar-refractivity contribution in [1.82, 2.24) is 9.88 Å². The van der Waals surface area contributed by atoms with Crippen molar-refractivity contribution in [2.75, 3.05) is 6.54 Å². The largest absolute Gasteiger partial charge is 0.454 e. The summed E-state index contributed by atoms with van der Waals surface area (Å²) in [6, 6.07) is 9.46. The molecule has 0 bridgehead atoms. The van der Waals surface area contributed by atoms with Gasteiger partial charge >= 0.3 is 5.97 Å². The average molecular weight is 368 g/mol. The molecule has 4 rings (SSSR count). The number of imide groups is 1. The van der Waals surface area contributed by atoms with Crippen LogP contribution < -0.4 is 0 Å². The van der Waals surface area contributed by atoms with Crippen LogP contribution in [-0.4, -0.2) is 34.2 Å². The smallest absolute Gasteiger partial charge is 0.326 e. The number of amides is 2. The molecule has 1 saturated heterocycles. The van der Waals surface area contributed by atoms with E-state index in [9.17, 15) is 14.4 Å². The Morgan fingerprint density at radius 3 is 2.44 bits per heavy atom. The van der Waals surface area contributed by atoms with Gasteiger partial charge in [-0.05, 0) is 12.8 Å². The molecule has 1 aromatic carbocycles. The second kappa shape index (κ2) is 7.34. The fraction of sp³-hybridized carbons (Fsp3) is 0.400. The molecule has 27 heavy (non-hydrogen) atoms. The number of ether oxygens (including phenoxy) is 1. The van der Waals surface area contributed by atoms with Crippen LogP contribution >= 0.6 is 0 Å². The third-order valence-electron chi connectivity index (χ3n) is 5.19. The van der Waals surface area contributed by atoms with Crippen LogP contribution in [0.3, 0.4) is 0 Å². The van der Waals surface area contributed by atoms with Gasteiger partial charge in [-0.25, -0.2) is 4.98 Å². The molecule has 2 fully saturated rings. The molecule has 7 nitrogen and oxygen atoms in total. The number of likely N-dealkylation sites (tertiary alicyclic amines) is 1. The van der Waals surface area contributed by atoms with Crippen molar-refractivity contribution >= 4 is 17.8 Å². The summed E-state index contributed by atoms with van der Waals surface area (Å²) in [7, 11) is 0. The fourth-order valence-electron chi connectivity index (χ4n) is 3.82. The molecule has 1 aromatic heterocycles. The third-order valence-corrected chi connectivity index (χ3v) is 5.19. The maximum Gasteiger partial charge on any atom is 0.326 e. The molecule has 140 valence electrons. The quantitative estimate of drug-likeness (QED) is 0.595. The number of hydrogen-bond donors (Lipinski definition) is 0. The first-order valence-electron chi connectivity index (χ1n) is 9.14. The summed E-state index contributed by atoms with van der Waals surface area (Å²) in [6.07, 6.45) is 4.91. The molecule has 1 saturated carbocycles. The predicted octanol–water partition coefficient (Wildman–Crippen LogP) is 2.56. The number of esters is 1. The summed E-state index contributed by atoms with van der Waals surface area (Å²) in [5.74, 6) is -0.827. The summed E-state index contributed by atoms with van der Waals surface area (Å²) in [4.78, 5) is 42.0. The standard InChI is InChI=1S/C20H20N2O5/c23-18(11-22-19(24)14-8-4-5-9-15(14)20(22)25)26-12-17-21-10-16(27-17)13-6-2-1-3-7-13/h1-3,6-7,10,14-15H,4-5,8-9,11-12H2/t14-,15+. The van der Waals surface area contributed by atoms with Gasteiger partial charge in [0.05, 0.1) is 18.0 Å². The molecular formula is C20H20N2O5. The highest BCUT2D eigenvalue weighted by Gasteiger charge is 2.48. The summed E-state index contributed by atoms with van der Waals surface area (Å²) in [6.45, 7) is -0.494. The Bertz CT molecular complexity index is 836. The molecular weight excluding hydrogens is 348 g/mol. The van der Waals surface area contributed by atoms with Gasteiger partial charge in [-0.1, -0.05) is 43.2 Å². The van der Waals surface area contributed by atoms with Crippen molar-refractivity contribution in [3.05, 3.63) is 42.4 Å². The number of carbonyl (C=O) groups is 3. The topological polar surface area (TPSA) is 89.7 Å². The monoisotopic (exact) mass is 368 g/mol. The lowest BCUT2D eigenvalue weighted by atomic mass is 9.81. The van der Waals surface area contributed by atoms with Crippen molar-refractivity contribution in [2.24, 2.45) is 11.8 Å². The summed E-state index contributed by atoms with van der Waals surface area (Å²) >= 11 is 0. The van der Waals surface area contributed by atoms with Crippen LogP contribution in [0.4, 0.5) is 0 Å². The Morgan fingerprint density at radius 2 is 1.78 bits per heavy atom. The van der Waals surface area contributed by atoms with E-state index in [2.05, 4.69) is 4.98 Å². The van der Waals surface area contributed by atoms with Crippen molar-refractivity contribution in [1.29, 1.82) is 0 Å². The molecule has 0 radical (unpaired) electrons. The second-order valence-electron chi connectivity index (χ2n) is 6.91. The molecule has 2 aliphatic rings. The van der Waals surface area contributed by atoms with Gasteiger partial charge in [0.2, 0.25) is 17.7 Å². The van der Waals surface area contributed by atoms with Crippen LogP contribution in [0.15, 0.2) is 40.9 Å². The number of nitrogens with zero attached hydrogens (tertiary/aromatic N) is 2. The zero-order valence-corrected chi connectivity index (χ0v) is 14.8. The van der Waals surface area contributed by atoms with Crippen molar-refractivity contribution in [2.45, 2.75) is 32.3 Å². The van der Waals surface area contributed by atoms with E-state index in [0.29, 0.717) is 5.76 Å². The van der Waals surface area contributed by atoms with Gasteiger partial charge in [0.1, 0.15) is 6.54 Å². The average Bonchev–Trinajstić information content (AvgIpc) is 3.27. The maximum atomic E-state index is 12.4. The van der Waals surface area contributed by atoms with Gasteiger partial charge in [-0.3, -0.25) is 19.3 Å². The Hall–Kier alpha value is -2.96. The molecule has 1 aliphatic carbocycles. The lowest BCUT2D eigenvalue weighted by Gasteiger charge is -2.19. The van der Waals surface area contributed by atoms with Crippen molar-refractivity contribution in [3.63, 3.8) is 0 Å². The number of rotatable bonds is 5. The Balaban J connectivity index is 1.33. The first-order chi connectivity index (χ1) is 13.1. The zero-order valence-electron chi connectivity index (χ0n) is 14.8. The van der Waals surface area contributed by atoms with Crippen LogP contribution in [0.25, 0.3) is 11.3 Å². The number of benzene rings is 1. The highest BCUT2D eigenvalue weighted by atomic mass is 16.5. The number of aromatic nitrogens is 1. The van der Waals surface area contributed by atoms with Gasteiger partial charge in [0.15, 0.2) is 12.4 Å². The zero-order chi connectivity index (χ0) is 18.8. The first-order valence-corrected chi connectivity index (χ1v) is 9.14. The van der Waals surface area contributed by atoms with Crippen LogP contribution in [0.5, 0.6) is 0 Å². The fourth-order valence-corrected chi connectivity index (χ4v) is 3.82. The molecule has 7 heteroatoms. The number of fused-ring (bicyclic) bond motifs is 1. The number of carbonyl (C=O) groups excluding carboxylic acids is 3. The van der Waals surface area contributed by atoms with Gasteiger partial charge in [-0.2, -0.15) is 0 Å². The Labute approximate surface area is 156 Å². The highest BCUT2D eigenvalue weighted by Crippen LogP contribution is 2.37. The Kier molecular flexibility index (Phi) is 4.75. The number of oxazole rings is 1. The van der Waals surface area contributed by atoms with E-state index >= 15 is 0 Å². The molecule has 2 atom stereocenters. The lowest BCUT2D eigenvalue weighted by Crippen LogP contribution is -2.36. The lowest BCUT2D eigenvalue weighted by molar-refractivity contribution is -0.154. The van der Waals surface area contributed by atoms with E-state index < -0.39 is 5.97 Å². The molecule has 0 unspecified atom stereocenters. The van der Waals surface area contributed by atoms with E-state index in [-0.39, 0.29) is 42.7 Å². The summed E-state index contributed by atoms with van der Waals surface area (Å²) < 4.78 is 10.7. The van der Waals surface area contributed by atoms with Gasteiger partial charge in [0, 0.05) is 5.56 Å². The van der Waals surface area contributed by atoms with Crippen molar-refractivity contribution in [3.8, 4) is 11.3 Å². The second-order valence-corrected chi connectivity index (χ2v) is 6.91. The summed E-state index contributed by atoms with van der Waals surface area (Å²) in [5, 5.41) is 0. The van der Waals surface area contributed by atoms with Crippen LogP contribution in [-0.2, 0) is 25.7 Å². The molecule has 0 N–H and O–H groups in total. The van der Waals surface area contributed by atoms with E-state index in [1.54, 1.807) is 6.20 Å². The van der Waals surface area contributed by atoms with E-state index in [4.69, 9.17) is 9.15 Å². The normalized spacial score (nSPS) is 22.0. The molecule has 2 aromatic rings. The number of hydrogen-bond acceptors (Lipinski definition) is 6. The summed E-state index contributed by atoms with van der Waals surface area (Å²) in [5.41, 5.74) is 0.874. The molecule has 2 amide bonds. The minimum absolute atomic E-state index is 0.144.